The number of carbonyl (C=O) groups is 2. The van der Waals surface area contributed by atoms with E-state index in [9.17, 15) is 46.1 Å². The van der Waals surface area contributed by atoms with Gasteiger partial charge in [0.05, 0.1) is 5.56 Å². The van der Waals surface area contributed by atoms with Crippen LogP contribution in [0.4, 0.5) is 36.4 Å². The lowest BCUT2D eigenvalue weighted by Gasteiger charge is -2.22. The van der Waals surface area contributed by atoms with Crippen molar-refractivity contribution < 1.29 is 64.7 Å². The zero-order chi connectivity index (χ0) is 30.0. The SMILES string of the molecule is BC(O)(O)Oc1cc(OC(F)(F)F)ccc1Oc1ccc(C(F)(F)F)c(F)c1C(=O)Nc1ccnc(C(N)=O)c1. The molecule has 0 aliphatic carbocycles. The summed E-state index contributed by atoms with van der Waals surface area (Å²) in [6.45, 7) is 0. The second-order valence-electron chi connectivity index (χ2n) is 7.84. The first-order chi connectivity index (χ1) is 18.3. The zero-order valence-electron chi connectivity index (χ0n) is 19.7. The fourth-order valence-electron chi connectivity index (χ4n) is 3.09. The molecule has 3 rings (SSSR count). The lowest BCUT2D eigenvalue weighted by Crippen LogP contribution is -2.35. The van der Waals surface area contributed by atoms with Gasteiger partial charge in [0.2, 0.25) is 7.85 Å². The molecule has 0 radical (unpaired) electrons. The minimum absolute atomic E-state index is 0.225. The number of aromatic nitrogens is 1. The van der Waals surface area contributed by atoms with Crippen molar-refractivity contribution in [1.29, 1.82) is 0 Å². The molecule has 0 atom stereocenters. The van der Waals surface area contributed by atoms with Crippen LogP contribution in [0.15, 0.2) is 48.7 Å². The van der Waals surface area contributed by atoms with Gasteiger partial charge < -0.3 is 35.5 Å². The molecule has 2 amide bonds. The van der Waals surface area contributed by atoms with Crippen molar-refractivity contribution >= 4 is 25.3 Å². The highest BCUT2D eigenvalue weighted by Crippen LogP contribution is 2.41. The number of hydrogen-bond donors (Lipinski definition) is 4. The third-order valence-corrected chi connectivity index (χ3v) is 4.58. The van der Waals surface area contributed by atoms with Crippen LogP contribution in [0.2, 0.25) is 0 Å². The third-order valence-electron chi connectivity index (χ3n) is 4.58. The van der Waals surface area contributed by atoms with Gasteiger partial charge in [0.15, 0.2) is 17.3 Å². The summed E-state index contributed by atoms with van der Waals surface area (Å²) in [5, 5.41) is 21.2. The molecule has 0 saturated heterocycles. The number of amides is 2. The smallest absolute Gasteiger partial charge is 0.453 e. The molecule has 0 fully saturated rings. The second kappa shape index (κ2) is 10.9. The number of ether oxygens (including phenoxy) is 3. The largest absolute Gasteiger partial charge is 0.573 e. The van der Waals surface area contributed by atoms with Gasteiger partial charge in [0.25, 0.3) is 17.7 Å². The zero-order valence-corrected chi connectivity index (χ0v) is 19.7. The lowest BCUT2D eigenvalue weighted by atomic mass is 10.1. The van der Waals surface area contributed by atoms with E-state index in [0.29, 0.717) is 32.1 Å². The van der Waals surface area contributed by atoms with Crippen molar-refractivity contribution in [2.24, 2.45) is 5.73 Å². The van der Waals surface area contributed by atoms with Crippen LogP contribution in [0, 0.1) is 5.82 Å². The molecule has 0 aliphatic rings. The molecule has 18 heteroatoms. The van der Waals surface area contributed by atoms with E-state index in [1.807, 2.05) is 0 Å². The van der Waals surface area contributed by atoms with Gasteiger partial charge in [-0.15, -0.1) is 13.2 Å². The monoisotopic (exact) mass is 577 g/mol. The van der Waals surface area contributed by atoms with Crippen LogP contribution in [-0.2, 0) is 6.18 Å². The average molecular weight is 577 g/mol. The number of halogens is 7. The Bertz CT molecular complexity index is 1440. The van der Waals surface area contributed by atoms with Crippen molar-refractivity contribution in [1.82, 2.24) is 4.98 Å². The molecule has 5 N–H and O–H groups in total. The third kappa shape index (κ3) is 7.73. The number of pyridine rings is 1. The maximum atomic E-state index is 15.1. The van der Waals surface area contributed by atoms with Gasteiger partial charge in [0, 0.05) is 18.0 Å². The van der Waals surface area contributed by atoms with Crippen LogP contribution in [0.5, 0.6) is 23.0 Å². The molecular weight excluding hydrogens is 562 g/mol. The molecule has 0 aliphatic heterocycles. The van der Waals surface area contributed by atoms with Crippen LogP contribution in [0.3, 0.4) is 0 Å². The molecule has 40 heavy (non-hydrogen) atoms. The molecule has 1 heterocycles. The number of aliphatic hydroxyl groups is 2. The van der Waals surface area contributed by atoms with E-state index in [0.717, 1.165) is 18.3 Å². The van der Waals surface area contributed by atoms with Gasteiger partial charge in [-0.05, 0) is 36.4 Å². The van der Waals surface area contributed by atoms with E-state index in [-0.39, 0.29) is 17.4 Å². The van der Waals surface area contributed by atoms with Crippen LogP contribution < -0.4 is 25.3 Å². The van der Waals surface area contributed by atoms with Crippen molar-refractivity contribution in [2.75, 3.05) is 5.32 Å². The molecular formula is C22H15BF7N3O7. The Hall–Kier alpha value is -4.58. The number of nitrogens with one attached hydrogen (secondary N) is 1. The molecule has 1 aromatic heterocycles. The minimum atomic E-state index is -5.27. The number of anilines is 1. The Morgan fingerprint density at radius 3 is 2.15 bits per heavy atom. The predicted molar refractivity (Wildman–Crippen MR) is 122 cm³/mol. The predicted octanol–water partition coefficient (Wildman–Crippen LogP) is 2.89. The summed E-state index contributed by atoms with van der Waals surface area (Å²) in [5.74, 6) is -11.0. The van der Waals surface area contributed by atoms with Crippen LogP contribution in [0.1, 0.15) is 26.4 Å². The molecule has 2 aromatic carbocycles. The molecule has 0 bridgehead atoms. The van der Waals surface area contributed by atoms with Crippen molar-refractivity contribution in [3.05, 3.63) is 71.3 Å². The first-order valence-corrected chi connectivity index (χ1v) is 10.5. The van der Waals surface area contributed by atoms with Gasteiger partial charge in [0.1, 0.15) is 22.8 Å². The summed E-state index contributed by atoms with van der Waals surface area (Å²) in [6, 6.07) is 4.65. The number of hydrogen-bond acceptors (Lipinski definition) is 8. The van der Waals surface area contributed by atoms with E-state index < -0.39 is 70.2 Å². The highest BCUT2D eigenvalue weighted by molar-refractivity contribution is 6.12. The van der Waals surface area contributed by atoms with E-state index in [1.165, 1.54) is 0 Å². The fourth-order valence-corrected chi connectivity index (χ4v) is 3.09. The number of nitrogens with zero attached hydrogens (tertiary/aromatic N) is 1. The summed E-state index contributed by atoms with van der Waals surface area (Å²) in [7, 11) is 0.653. The quantitative estimate of drug-likeness (QED) is 0.181. The first-order valence-electron chi connectivity index (χ1n) is 10.5. The maximum Gasteiger partial charge on any atom is 0.573 e. The summed E-state index contributed by atoms with van der Waals surface area (Å²) >= 11 is 0. The molecule has 0 spiro atoms. The van der Waals surface area contributed by atoms with Crippen LogP contribution >= 0.6 is 0 Å². The Labute approximate surface area is 219 Å². The van der Waals surface area contributed by atoms with Crippen molar-refractivity contribution in [3.8, 4) is 23.0 Å². The van der Waals surface area contributed by atoms with Gasteiger partial charge in [-0.1, -0.05) is 0 Å². The average Bonchev–Trinajstić information content (AvgIpc) is 2.78. The van der Waals surface area contributed by atoms with E-state index in [4.69, 9.17) is 15.2 Å². The number of benzene rings is 2. The topological polar surface area (TPSA) is 153 Å². The molecule has 212 valence electrons. The van der Waals surface area contributed by atoms with Gasteiger partial charge in [-0.25, -0.2) is 4.39 Å². The molecule has 0 saturated carbocycles. The number of rotatable bonds is 8. The highest BCUT2D eigenvalue weighted by Gasteiger charge is 2.38. The summed E-state index contributed by atoms with van der Waals surface area (Å²) in [5.41, 5.74) is 1.31. The van der Waals surface area contributed by atoms with E-state index >= 15 is 4.39 Å². The number of primary amides is 1. The summed E-state index contributed by atoms with van der Waals surface area (Å²) in [4.78, 5) is 27.9. The summed E-state index contributed by atoms with van der Waals surface area (Å²) in [6.07, 6.45) is -9.43. The lowest BCUT2D eigenvalue weighted by molar-refractivity contribution is -0.274. The Balaban J connectivity index is 2.11. The van der Waals surface area contributed by atoms with Gasteiger partial charge in [-0.3, -0.25) is 14.6 Å². The van der Waals surface area contributed by atoms with Crippen LogP contribution in [0.25, 0.3) is 0 Å². The first kappa shape index (κ1) is 30.0. The Kier molecular flexibility index (Phi) is 8.16. The maximum absolute atomic E-state index is 15.1. The molecule has 0 unspecified atom stereocenters. The number of nitrogens with two attached hydrogens (primary N) is 1. The van der Waals surface area contributed by atoms with Crippen molar-refractivity contribution in [2.45, 2.75) is 18.4 Å². The van der Waals surface area contributed by atoms with E-state index in [1.54, 1.807) is 0 Å². The Morgan fingerprint density at radius 1 is 0.925 bits per heavy atom. The molecule has 10 nitrogen and oxygen atoms in total. The number of carbonyl (C=O) groups excluding carboxylic acids is 2. The summed E-state index contributed by atoms with van der Waals surface area (Å²) < 4.78 is 107. The highest BCUT2D eigenvalue weighted by atomic mass is 19.4. The van der Waals surface area contributed by atoms with E-state index in [2.05, 4.69) is 15.0 Å². The number of alkyl halides is 6. The fraction of sp³-hybridized carbons (Fsp3) is 0.136. The van der Waals surface area contributed by atoms with Gasteiger partial charge >= 0.3 is 12.5 Å². The van der Waals surface area contributed by atoms with Crippen LogP contribution in [-0.4, -0.2) is 47.1 Å². The second-order valence-corrected chi connectivity index (χ2v) is 7.84. The van der Waals surface area contributed by atoms with Gasteiger partial charge in [-0.2, -0.15) is 13.2 Å². The Morgan fingerprint density at radius 2 is 1.57 bits per heavy atom. The standard InChI is InChI=1S/C22H15BF7N3O7/c23-21(36,37)40-15-8-10(39-22(28,29)30)1-3-13(15)38-14-4-2-11(20(25,26)27)17(24)16(14)19(35)33-9-5-6-32-12(7-9)18(31)34/h1-8,36-37H,23H2,(H2,31,34)(H,32,33,35). The molecule has 3 aromatic rings. The van der Waals surface area contributed by atoms with Crippen molar-refractivity contribution in [3.63, 3.8) is 0 Å². The normalized spacial score (nSPS) is 12.0. The minimum Gasteiger partial charge on any atom is -0.453 e.